The molecule has 0 fully saturated rings. The Hall–Kier alpha value is -1.75. The molecule has 2 rings (SSSR count). The highest BCUT2D eigenvalue weighted by Gasteiger charge is 2.04. The Kier molecular flexibility index (Phi) is 3.26. The van der Waals surface area contributed by atoms with E-state index < -0.39 is 0 Å². The third-order valence-electron chi connectivity index (χ3n) is 2.20. The minimum absolute atomic E-state index is 0.120. The van der Waals surface area contributed by atoms with Gasteiger partial charge in [0.25, 0.3) is 0 Å². The topological polar surface area (TPSA) is 50.9 Å². The molecule has 1 aromatic heterocycles. The van der Waals surface area contributed by atoms with Crippen LogP contribution in [-0.4, -0.2) is 26.7 Å². The van der Waals surface area contributed by atoms with E-state index in [1.54, 1.807) is 23.0 Å². The molecule has 84 valence electrons. The Morgan fingerprint density at radius 3 is 3.00 bits per heavy atom. The SMILES string of the molecule is OCCCn1cc(-c2cccc(F)c2)nn1. The van der Waals surface area contributed by atoms with Crippen molar-refractivity contribution in [3.8, 4) is 11.3 Å². The van der Waals surface area contributed by atoms with Crippen molar-refractivity contribution >= 4 is 0 Å². The van der Waals surface area contributed by atoms with Gasteiger partial charge in [0.15, 0.2) is 0 Å². The third-order valence-corrected chi connectivity index (χ3v) is 2.20. The predicted molar refractivity (Wildman–Crippen MR) is 57.1 cm³/mol. The van der Waals surface area contributed by atoms with E-state index in [-0.39, 0.29) is 12.4 Å². The summed E-state index contributed by atoms with van der Waals surface area (Å²) in [4.78, 5) is 0. The highest BCUT2D eigenvalue weighted by molar-refractivity contribution is 5.57. The van der Waals surface area contributed by atoms with Crippen LogP contribution < -0.4 is 0 Å². The van der Waals surface area contributed by atoms with Crippen molar-refractivity contribution in [2.45, 2.75) is 13.0 Å². The molecule has 16 heavy (non-hydrogen) atoms. The van der Waals surface area contributed by atoms with Crippen LogP contribution in [0.5, 0.6) is 0 Å². The van der Waals surface area contributed by atoms with Crippen molar-refractivity contribution in [1.29, 1.82) is 0 Å². The first-order valence-electron chi connectivity index (χ1n) is 5.06. The number of aliphatic hydroxyl groups excluding tert-OH is 1. The summed E-state index contributed by atoms with van der Waals surface area (Å²) in [5, 5.41) is 16.5. The molecular weight excluding hydrogens is 209 g/mol. The normalized spacial score (nSPS) is 10.6. The largest absolute Gasteiger partial charge is 0.396 e. The van der Waals surface area contributed by atoms with Crippen molar-refractivity contribution in [3.05, 3.63) is 36.3 Å². The van der Waals surface area contributed by atoms with Crippen LogP contribution in [0.25, 0.3) is 11.3 Å². The number of aliphatic hydroxyl groups is 1. The Balaban J connectivity index is 2.18. The molecule has 1 heterocycles. The van der Waals surface area contributed by atoms with Crippen LogP contribution in [0, 0.1) is 5.82 Å². The molecule has 1 aromatic carbocycles. The van der Waals surface area contributed by atoms with Gasteiger partial charge in [-0.2, -0.15) is 0 Å². The lowest BCUT2D eigenvalue weighted by Crippen LogP contribution is -2.00. The minimum atomic E-state index is -0.289. The molecule has 5 heteroatoms. The zero-order chi connectivity index (χ0) is 11.4. The molecule has 0 aliphatic heterocycles. The van der Waals surface area contributed by atoms with Crippen LogP contribution in [0.2, 0.25) is 0 Å². The molecule has 0 atom stereocenters. The van der Waals surface area contributed by atoms with E-state index in [0.29, 0.717) is 24.2 Å². The molecule has 2 aromatic rings. The summed E-state index contributed by atoms with van der Waals surface area (Å²) in [6, 6.07) is 6.22. The molecular formula is C11H12FN3O. The standard InChI is InChI=1S/C11H12FN3O/c12-10-4-1-3-9(7-10)11-8-15(14-13-11)5-2-6-16/h1,3-4,7-8,16H,2,5-6H2. The maximum atomic E-state index is 13.0. The Bertz CT molecular complexity index is 470. The van der Waals surface area contributed by atoms with Gasteiger partial charge in [0, 0.05) is 18.7 Å². The van der Waals surface area contributed by atoms with Crippen molar-refractivity contribution in [1.82, 2.24) is 15.0 Å². The van der Waals surface area contributed by atoms with Crippen molar-refractivity contribution in [3.63, 3.8) is 0 Å². The predicted octanol–water partition coefficient (Wildman–Crippen LogP) is 1.47. The number of hydrogen-bond acceptors (Lipinski definition) is 3. The average molecular weight is 221 g/mol. The zero-order valence-electron chi connectivity index (χ0n) is 8.67. The first-order chi connectivity index (χ1) is 7.79. The fourth-order valence-electron chi connectivity index (χ4n) is 1.42. The fourth-order valence-corrected chi connectivity index (χ4v) is 1.42. The van der Waals surface area contributed by atoms with E-state index in [1.165, 1.54) is 12.1 Å². The Morgan fingerprint density at radius 1 is 1.38 bits per heavy atom. The number of rotatable bonds is 4. The van der Waals surface area contributed by atoms with E-state index in [9.17, 15) is 4.39 Å². The molecule has 0 saturated carbocycles. The number of halogens is 1. The van der Waals surface area contributed by atoms with Gasteiger partial charge in [-0.05, 0) is 18.6 Å². The number of nitrogens with zero attached hydrogens (tertiary/aromatic N) is 3. The van der Waals surface area contributed by atoms with E-state index in [2.05, 4.69) is 10.3 Å². The maximum Gasteiger partial charge on any atom is 0.123 e. The maximum absolute atomic E-state index is 13.0. The van der Waals surface area contributed by atoms with Crippen LogP contribution in [0.15, 0.2) is 30.5 Å². The van der Waals surface area contributed by atoms with Crippen LogP contribution in [0.4, 0.5) is 4.39 Å². The Labute approximate surface area is 92.3 Å². The van der Waals surface area contributed by atoms with Crippen molar-refractivity contribution in [2.75, 3.05) is 6.61 Å². The highest BCUT2D eigenvalue weighted by Crippen LogP contribution is 2.16. The number of aromatic nitrogens is 3. The van der Waals surface area contributed by atoms with Crippen LogP contribution >= 0.6 is 0 Å². The van der Waals surface area contributed by atoms with Gasteiger partial charge in [0.05, 0.1) is 6.20 Å². The lowest BCUT2D eigenvalue weighted by Gasteiger charge is -1.96. The second-order valence-corrected chi connectivity index (χ2v) is 3.45. The molecule has 0 saturated heterocycles. The van der Waals surface area contributed by atoms with Gasteiger partial charge in [0.1, 0.15) is 11.5 Å². The summed E-state index contributed by atoms with van der Waals surface area (Å²) in [6.45, 7) is 0.730. The van der Waals surface area contributed by atoms with Crippen molar-refractivity contribution in [2.24, 2.45) is 0 Å². The van der Waals surface area contributed by atoms with Gasteiger partial charge in [0.2, 0.25) is 0 Å². The lowest BCUT2D eigenvalue weighted by molar-refractivity contribution is 0.276. The molecule has 1 N–H and O–H groups in total. The lowest BCUT2D eigenvalue weighted by atomic mass is 10.2. The highest BCUT2D eigenvalue weighted by atomic mass is 19.1. The average Bonchev–Trinajstić information content (AvgIpc) is 2.75. The van der Waals surface area contributed by atoms with E-state index in [0.717, 1.165) is 0 Å². The van der Waals surface area contributed by atoms with Crippen LogP contribution in [-0.2, 0) is 6.54 Å². The smallest absolute Gasteiger partial charge is 0.123 e. The molecule has 0 unspecified atom stereocenters. The van der Waals surface area contributed by atoms with Crippen molar-refractivity contribution < 1.29 is 9.50 Å². The monoisotopic (exact) mass is 221 g/mol. The Morgan fingerprint density at radius 2 is 2.25 bits per heavy atom. The number of aryl methyl sites for hydroxylation is 1. The van der Waals surface area contributed by atoms with E-state index in [4.69, 9.17) is 5.11 Å². The van der Waals surface area contributed by atoms with E-state index in [1.807, 2.05) is 0 Å². The summed E-state index contributed by atoms with van der Waals surface area (Å²) in [5.41, 5.74) is 1.34. The molecule has 0 spiro atoms. The van der Waals surface area contributed by atoms with Gasteiger partial charge >= 0.3 is 0 Å². The molecule has 0 aliphatic carbocycles. The zero-order valence-corrected chi connectivity index (χ0v) is 8.67. The van der Waals surface area contributed by atoms with Crippen LogP contribution in [0.3, 0.4) is 0 Å². The summed E-state index contributed by atoms with van der Waals surface area (Å²) < 4.78 is 14.6. The summed E-state index contributed by atoms with van der Waals surface area (Å²) >= 11 is 0. The minimum Gasteiger partial charge on any atom is -0.396 e. The fraction of sp³-hybridized carbons (Fsp3) is 0.273. The second-order valence-electron chi connectivity index (χ2n) is 3.45. The van der Waals surface area contributed by atoms with E-state index >= 15 is 0 Å². The first kappa shape index (κ1) is 10.8. The van der Waals surface area contributed by atoms with Gasteiger partial charge in [-0.15, -0.1) is 5.10 Å². The molecule has 0 bridgehead atoms. The number of benzene rings is 1. The van der Waals surface area contributed by atoms with Gasteiger partial charge in [-0.3, -0.25) is 4.68 Å². The third kappa shape index (κ3) is 2.43. The summed E-state index contributed by atoms with van der Waals surface area (Å²) in [6.07, 6.45) is 2.37. The van der Waals surface area contributed by atoms with Crippen LogP contribution in [0.1, 0.15) is 6.42 Å². The number of hydrogen-bond donors (Lipinski definition) is 1. The second kappa shape index (κ2) is 4.85. The molecule has 0 radical (unpaired) electrons. The molecule has 0 amide bonds. The van der Waals surface area contributed by atoms with Gasteiger partial charge in [-0.25, -0.2) is 4.39 Å². The summed E-state index contributed by atoms with van der Waals surface area (Å²) in [5.74, 6) is -0.289. The first-order valence-corrected chi connectivity index (χ1v) is 5.06. The summed E-state index contributed by atoms with van der Waals surface area (Å²) in [7, 11) is 0. The van der Waals surface area contributed by atoms with Gasteiger partial charge < -0.3 is 5.11 Å². The van der Waals surface area contributed by atoms with Gasteiger partial charge in [-0.1, -0.05) is 17.3 Å². The quantitative estimate of drug-likeness (QED) is 0.850. The molecule has 4 nitrogen and oxygen atoms in total. The molecule has 0 aliphatic rings.